The molecule has 1 aliphatic heterocycles. The molecule has 2 rings (SSSR count). The van der Waals surface area contributed by atoms with Crippen LogP contribution in [0, 0.1) is 0 Å². The van der Waals surface area contributed by atoms with Gasteiger partial charge >= 0.3 is 25.0 Å². The van der Waals surface area contributed by atoms with Gasteiger partial charge in [-0.15, -0.1) is 0 Å². The molecule has 0 atom stereocenters. The number of fused-ring (bicyclic) bond motifs is 1. The number of rotatable bonds is 4. The molecule has 0 radical (unpaired) electrons. The summed E-state index contributed by atoms with van der Waals surface area (Å²) < 4.78 is 5.10. The number of carbonyl (C=O) groups excluding carboxylic acids is 3. The first-order chi connectivity index (χ1) is 10.7. The summed E-state index contributed by atoms with van der Waals surface area (Å²) in [5, 5.41) is 13.7. The van der Waals surface area contributed by atoms with Crippen LogP contribution in [0.4, 0.5) is 4.79 Å². The van der Waals surface area contributed by atoms with E-state index in [0.717, 1.165) is 0 Å². The number of hydrogen-bond donors (Lipinski definition) is 1. The van der Waals surface area contributed by atoms with E-state index in [1.807, 2.05) is 0 Å². The first-order valence-electron chi connectivity index (χ1n) is 7.28. The van der Waals surface area contributed by atoms with Gasteiger partial charge in [0.15, 0.2) is 0 Å². The maximum atomic E-state index is 12.2. The van der Waals surface area contributed by atoms with Crippen LogP contribution < -0.4 is 29.3 Å². The van der Waals surface area contributed by atoms with Crippen LogP contribution in [0.2, 0.25) is 0 Å². The quantitative estimate of drug-likeness (QED) is 0.619. The normalized spacial score (nSPS) is 13.1. The van der Waals surface area contributed by atoms with Gasteiger partial charge in [0.25, 0.3) is 5.91 Å². The SMILES string of the molecule is CC(C)(C)OC(=O)NCCN1Cc2c(C(=O)[O-])cccc2C1=O.[Li+]. The molecule has 1 aromatic rings. The summed E-state index contributed by atoms with van der Waals surface area (Å²) in [4.78, 5) is 36.4. The number of carbonyl (C=O) groups is 3. The molecule has 8 heteroatoms. The van der Waals surface area contributed by atoms with E-state index in [0.29, 0.717) is 11.1 Å². The van der Waals surface area contributed by atoms with Gasteiger partial charge in [0.1, 0.15) is 5.60 Å². The minimum atomic E-state index is -1.30. The van der Waals surface area contributed by atoms with Crippen molar-refractivity contribution in [1.29, 1.82) is 0 Å². The fraction of sp³-hybridized carbons (Fsp3) is 0.438. The van der Waals surface area contributed by atoms with Gasteiger partial charge in [-0.05, 0) is 32.4 Å². The van der Waals surface area contributed by atoms with Crippen LogP contribution in [0.1, 0.15) is 47.1 Å². The molecule has 0 bridgehead atoms. The first kappa shape index (κ1) is 20.1. The average molecular weight is 326 g/mol. The van der Waals surface area contributed by atoms with Crippen molar-refractivity contribution >= 4 is 18.0 Å². The number of benzene rings is 1. The van der Waals surface area contributed by atoms with Crippen molar-refractivity contribution in [3.63, 3.8) is 0 Å². The van der Waals surface area contributed by atoms with Crippen molar-refractivity contribution in [2.24, 2.45) is 0 Å². The standard InChI is InChI=1S/C16H20N2O5.Li/c1-16(2,3)23-15(22)17-7-8-18-9-12-10(13(18)19)5-4-6-11(12)14(20)21;/h4-6H,7-9H2,1-3H3,(H,17,22)(H,20,21);/q;+1/p-1. The van der Waals surface area contributed by atoms with Gasteiger partial charge in [0.2, 0.25) is 0 Å². The van der Waals surface area contributed by atoms with E-state index in [9.17, 15) is 19.5 Å². The number of hydrogen-bond acceptors (Lipinski definition) is 5. The van der Waals surface area contributed by atoms with Crippen LogP contribution in [0.15, 0.2) is 18.2 Å². The Morgan fingerprint density at radius 3 is 2.58 bits per heavy atom. The third kappa shape index (κ3) is 4.76. The Labute approximate surface area is 152 Å². The molecule has 0 spiro atoms. The average Bonchev–Trinajstić information content (AvgIpc) is 2.73. The second-order valence-electron chi connectivity index (χ2n) is 6.27. The van der Waals surface area contributed by atoms with E-state index in [-0.39, 0.29) is 50.0 Å². The summed E-state index contributed by atoms with van der Waals surface area (Å²) in [6.45, 7) is 5.95. The Morgan fingerprint density at radius 2 is 2.00 bits per heavy atom. The summed E-state index contributed by atoms with van der Waals surface area (Å²) in [6.07, 6.45) is -0.558. The van der Waals surface area contributed by atoms with E-state index in [1.54, 1.807) is 26.8 Å². The molecule has 1 aromatic carbocycles. The fourth-order valence-electron chi connectivity index (χ4n) is 2.37. The number of nitrogens with zero attached hydrogens (tertiary/aromatic N) is 1. The topological polar surface area (TPSA) is 98.8 Å². The number of aromatic carboxylic acids is 1. The van der Waals surface area contributed by atoms with Crippen LogP contribution in [0.25, 0.3) is 0 Å². The Hall–Kier alpha value is -1.97. The molecule has 0 aliphatic carbocycles. The third-order valence-electron chi connectivity index (χ3n) is 3.31. The summed E-state index contributed by atoms with van der Waals surface area (Å²) in [5.41, 5.74) is 0.255. The van der Waals surface area contributed by atoms with Gasteiger partial charge in [-0.2, -0.15) is 0 Å². The Bertz CT molecular complexity index is 654. The molecular weight excluding hydrogens is 307 g/mol. The maximum Gasteiger partial charge on any atom is 1.00 e. The minimum Gasteiger partial charge on any atom is -0.545 e. The molecule has 0 fully saturated rings. The van der Waals surface area contributed by atoms with Crippen LogP contribution in [0.3, 0.4) is 0 Å². The second-order valence-corrected chi connectivity index (χ2v) is 6.27. The molecule has 0 unspecified atom stereocenters. The summed E-state index contributed by atoms with van der Waals surface area (Å²) in [5.74, 6) is -1.56. The van der Waals surface area contributed by atoms with Crippen molar-refractivity contribution in [3.05, 3.63) is 34.9 Å². The van der Waals surface area contributed by atoms with Gasteiger partial charge in [-0.25, -0.2) is 4.79 Å². The molecule has 1 heterocycles. The van der Waals surface area contributed by atoms with Crippen molar-refractivity contribution in [2.45, 2.75) is 32.9 Å². The molecule has 124 valence electrons. The molecule has 1 N–H and O–H groups in total. The first-order valence-corrected chi connectivity index (χ1v) is 7.28. The number of ether oxygens (including phenoxy) is 1. The van der Waals surface area contributed by atoms with E-state index < -0.39 is 17.7 Å². The summed E-state index contributed by atoms with van der Waals surface area (Å²) in [6, 6.07) is 4.53. The van der Waals surface area contributed by atoms with E-state index >= 15 is 0 Å². The number of alkyl carbamates (subject to hydrolysis) is 1. The van der Waals surface area contributed by atoms with Crippen LogP contribution in [0.5, 0.6) is 0 Å². The minimum absolute atomic E-state index is 0. The Morgan fingerprint density at radius 1 is 1.33 bits per heavy atom. The molecule has 0 saturated heterocycles. The smallest absolute Gasteiger partial charge is 0.545 e. The molecular formula is C16H19LiN2O5. The van der Waals surface area contributed by atoms with Gasteiger partial charge in [-0.1, -0.05) is 12.1 Å². The number of carboxylic acids is 1. The molecule has 0 aromatic heterocycles. The van der Waals surface area contributed by atoms with Gasteiger partial charge < -0.3 is 24.9 Å². The van der Waals surface area contributed by atoms with Crippen LogP contribution in [-0.2, 0) is 11.3 Å². The van der Waals surface area contributed by atoms with Crippen molar-refractivity contribution < 1.29 is 43.1 Å². The van der Waals surface area contributed by atoms with E-state index in [2.05, 4.69) is 5.32 Å². The number of amides is 2. The van der Waals surface area contributed by atoms with E-state index in [4.69, 9.17) is 4.74 Å². The van der Waals surface area contributed by atoms with Crippen molar-refractivity contribution in [1.82, 2.24) is 10.2 Å². The van der Waals surface area contributed by atoms with E-state index in [1.165, 1.54) is 17.0 Å². The van der Waals surface area contributed by atoms with Crippen LogP contribution in [-0.4, -0.2) is 41.6 Å². The zero-order valence-electron chi connectivity index (χ0n) is 14.3. The maximum absolute atomic E-state index is 12.2. The van der Waals surface area contributed by atoms with Gasteiger partial charge in [-0.3, -0.25) is 4.79 Å². The largest absolute Gasteiger partial charge is 1.00 e. The monoisotopic (exact) mass is 326 g/mol. The zero-order valence-corrected chi connectivity index (χ0v) is 14.3. The fourth-order valence-corrected chi connectivity index (χ4v) is 2.37. The van der Waals surface area contributed by atoms with Gasteiger partial charge in [0.05, 0.1) is 5.97 Å². The molecule has 7 nitrogen and oxygen atoms in total. The Kier molecular flexibility index (Phi) is 6.47. The van der Waals surface area contributed by atoms with Gasteiger partial charge in [0, 0.05) is 30.8 Å². The number of carboxylic acid groups (broad SMARTS) is 1. The molecule has 0 saturated carbocycles. The predicted octanol–water partition coefficient (Wildman–Crippen LogP) is -2.47. The predicted molar refractivity (Wildman–Crippen MR) is 79.7 cm³/mol. The third-order valence-corrected chi connectivity index (χ3v) is 3.31. The summed E-state index contributed by atoms with van der Waals surface area (Å²) in [7, 11) is 0. The van der Waals surface area contributed by atoms with Crippen LogP contribution >= 0.6 is 0 Å². The second kappa shape index (κ2) is 7.73. The summed E-state index contributed by atoms with van der Waals surface area (Å²) >= 11 is 0. The zero-order chi connectivity index (χ0) is 17.2. The Balaban J connectivity index is 0.00000288. The molecule has 2 amide bonds. The number of nitrogens with one attached hydrogen (secondary N) is 1. The van der Waals surface area contributed by atoms with Crippen molar-refractivity contribution in [3.8, 4) is 0 Å². The van der Waals surface area contributed by atoms with Crippen molar-refractivity contribution in [2.75, 3.05) is 13.1 Å². The molecule has 24 heavy (non-hydrogen) atoms. The molecule has 1 aliphatic rings.